The first-order chi connectivity index (χ1) is 11.2. The molecule has 0 aliphatic rings. The van der Waals surface area contributed by atoms with Crippen LogP contribution in [0, 0.1) is 0 Å². The number of unbranched alkanes of at least 4 members (excludes halogenated alkanes) is 1. The van der Waals surface area contributed by atoms with Crippen molar-refractivity contribution in [1.82, 2.24) is 20.6 Å². The molecule has 0 aliphatic carbocycles. The molecular formula is C17H20N4O2. The molecule has 0 saturated heterocycles. The Hall–Kier alpha value is -2.76. The number of nitrogens with one attached hydrogen (secondary N) is 2. The van der Waals surface area contributed by atoms with Gasteiger partial charge in [0, 0.05) is 24.5 Å². The van der Waals surface area contributed by atoms with Crippen molar-refractivity contribution in [2.75, 3.05) is 6.54 Å². The fourth-order valence-corrected chi connectivity index (χ4v) is 1.94. The Kier molecular flexibility index (Phi) is 6.23. The van der Waals surface area contributed by atoms with Crippen molar-refractivity contribution in [1.29, 1.82) is 0 Å². The lowest BCUT2D eigenvalue weighted by molar-refractivity contribution is 0.0948. The number of amides is 2. The summed E-state index contributed by atoms with van der Waals surface area (Å²) in [6.07, 6.45) is 5.05. The van der Waals surface area contributed by atoms with Gasteiger partial charge in [-0.2, -0.15) is 0 Å². The summed E-state index contributed by atoms with van der Waals surface area (Å²) in [6, 6.07) is 8.59. The molecule has 2 amide bonds. The van der Waals surface area contributed by atoms with Gasteiger partial charge in [0.25, 0.3) is 11.8 Å². The van der Waals surface area contributed by atoms with E-state index in [1.807, 2.05) is 18.2 Å². The van der Waals surface area contributed by atoms with E-state index in [4.69, 9.17) is 0 Å². The van der Waals surface area contributed by atoms with Gasteiger partial charge in [-0.1, -0.05) is 19.4 Å². The van der Waals surface area contributed by atoms with Crippen LogP contribution in [0.1, 0.15) is 46.3 Å². The van der Waals surface area contributed by atoms with Crippen molar-refractivity contribution in [3.63, 3.8) is 0 Å². The van der Waals surface area contributed by atoms with Crippen LogP contribution in [-0.2, 0) is 6.54 Å². The second kappa shape index (κ2) is 8.63. The summed E-state index contributed by atoms with van der Waals surface area (Å²) in [5.41, 5.74) is 1.41. The standard InChI is InChI=1S/C17H20N4O2/c1-2-3-8-20-17(23)15-11-13(7-10-19-15)16(22)21-12-14-6-4-5-9-18-14/h4-7,9-11H,2-3,8,12H2,1H3,(H,20,23)(H,21,22). The highest BCUT2D eigenvalue weighted by molar-refractivity contribution is 5.98. The first-order valence-electron chi connectivity index (χ1n) is 7.63. The molecule has 2 aromatic heterocycles. The molecule has 0 saturated carbocycles. The summed E-state index contributed by atoms with van der Waals surface area (Å²) >= 11 is 0. The summed E-state index contributed by atoms with van der Waals surface area (Å²) in [6.45, 7) is 2.99. The number of carbonyl (C=O) groups excluding carboxylic acids is 2. The second-order valence-electron chi connectivity index (χ2n) is 5.04. The number of nitrogens with zero attached hydrogens (tertiary/aromatic N) is 2. The van der Waals surface area contributed by atoms with Crippen LogP contribution in [0.2, 0.25) is 0 Å². The van der Waals surface area contributed by atoms with Gasteiger partial charge in [0.2, 0.25) is 0 Å². The van der Waals surface area contributed by atoms with E-state index in [0.29, 0.717) is 18.7 Å². The maximum Gasteiger partial charge on any atom is 0.269 e. The molecule has 2 N–H and O–H groups in total. The minimum Gasteiger partial charge on any atom is -0.351 e. The Labute approximate surface area is 135 Å². The SMILES string of the molecule is CCCCNC(=O)c1cc(C(=O)NCc2ccccn2)ccn1. The van der Waals surface area contributed by atoms with Gasteiger partial charge in [0.15, 0.2) is 0 Å². The van der Waals surface area contributed by atoms with Crippen LogP contribution in [0.5, 0.6) is 0 Å². The van der Waals surface area contributed by atoms with E-state index in [1.54, 1.807) is 12.3 Å². The number of hydrogen-bond donors (Lipinski definition) is 2. The number of carbonyl (C=O) groups is 2. The quantitative estimate of drug-likeness (QED) is 0.765. The van der Waals surface area contributed by atoms with Crippen LogP contribution < -0.4 is 10.6 Å². The van der Waals surface area contributed by atoms with Crippen LogP contribution >= 0.6 is 0 Å². The third kappa shape index (κ3) is 5.18. The van der Waals surface area contributed by atoms with Gasteiger partial charge in [-0.15, -0.1) is 0 Å². The van der Waals surface area contributed by atoms with E-state index in [0.717, 1.165) is 18.5 Å². The summed E-state index contributed by atoms with van der Waals surface area (Å²) in [4.78, 5) is 32.3. The Bertz CT molecular complexity index is 659. The van der Waals surface area contributed by atoms with Crippen LogP contribution in [0.3, 0.4) is 0 Å². The van der Waals surface area contributed by atoms with Crippen molar-refractivity contribution in [2.24, 2.45) is 0 Å². The Balaban J connectivity index is 1.95. The van der Waals surface area contributed by atoms with Gasteiger partial charge in [0.1, 0.15) is 5.69 Å². The molecule has 2 aromatic rings. The monoisotopic (exact) mass is 312 g/mol. The van der Waals surface area contributed by atoms with Crippen LogP contribution in [0.25, 0.3) is 0 Å². The maximum absolute atomic E-state index is 12.2. The van der Waals surface area contributed by atoms with E-state index in [-0.39, 0.29) is 17.5 Å². The van der Waals surface area contributed by atoms with E-state index in [2.05, 4.69) is 27.5 Å². The summed E-state index contributed by atoms with van der Waals surface area (Å²) < 4.78 is 0. The second-order valence-corrected chi connectivity index (χ2v) is 5.04. The highest BCUT2D eigenvalue weighted by Crippen LogP contribution is 2.03. The first kappa shape index (κ1) is 16.6. The lowest BCUT2D eigenvalue weighted by Gasteiger charge is -2.07. The number of pyridine rings is 2. The molecule has 0 unspecified atom stereocenters. The lowest BCUT2D eigenvalue weighted by atomic mass is 10.2. The molecule has 2 heterocycles. The molecule has 23 heavy (non-hydrogen) atoms. The molecule has 120 valence electrons. The molecule has 6 heteroatoms. The zero-order chi connectivity index (χ0) is 16.5. The molecular weight excluding hydrogens is 292 g/mol. The fourth-order valence-electron chi connectivity index (χ4n) is 1.94. The van der Waals surface area contributed by atoms with Gasteiger partial charge >= 0.3 is 0 Å². The average Bonchev–Trinajstić information content (AvgIpc) is 2.61. The van der Waals surface area contributed by atoms with Gasteiger partial charge < -0.3 is 10.6 Å². The van der Waals surface area contributed by atoms with Crippen molar-refractivity contribution in [2.45, 2.75) is 26.3 Å². The maximum atomic E-state index is 12.2. The summed E-state index contributed by atoms with van der Waals surface area (Å²) in [5.74, 6) is -0.529. The normalized spacial score (nSPS) is 10.1. The van der Waals surface area contributed by atoms with Gasteiger partial charge in [0.05, 0.1) is 12.2 Å². The fraction of sp³-hybridized carbons (Fsp3) is 0.294. The molecule has 0 fully saturated rings. The molecule has 0 spiro atoms. The molecule has 0 atom stereocenters. The lowest BCUT2D eigenvalue weighted by Crippen LogP contribution is -2.27. The van der Waals surface area contributed by atoms with Gasteiger partial charge in [-0.3, -0.25) is 19.6 Å². The minimum absolute atomic E-state index is 0.242. The van der Waals surface area contributed by atoms with E-state index >= 15 is 0 Å². The van der Waals surface area contributed by atoms with Crippen LogP contribution in [0.15, 0.2) is 42.7 Å². The average molecular weight is 312 g/mol. The van der Waals surface area contributed by atoms with Crippen molar-refractivity contribution in [3.05, 3.63) is 59.7 Å². The minimum atomic E-state index is -0.266. The first-order valence-corrected chi connectivity index (χ1v) is 7.63. The number of aromatic nitrogens is 2. The van der Waals surface area contributed by atoms with Crippen molar-refractivity contribution < 1.29 is 9.59 Å². The Morgan fingerprint density at radius 1 is 1.04 bits per heavy atom. The van der Waals surface area contributed by atoms with Crippen molar-refractivity contribution >= 4 is 11.8 Å². The molecule has 0 bridgehead atoms. The summed E-state index contributed by atoms with van der Waals surface area (Å²) in [7, 11) is 0. The third-order valence-corrected chi connectivity index (χ3v) is 3.23. The molecule has 0 aliphatic heterocycles. The zero-order valence-corrected chi connectivity index (χ0v) is 13.1. The van der Waals surface area contributed by atoms with Crippen LogP contribution in [-0.4, -0.2) is 28.3 Å². The number of rotatable bonds is 7. The largest absolute Gasteiger partial charge is 0.351 e. The van der Waals surface area contributed by atoms with Gasteiger partial charge in [-0.25, -0.2) is 0 Å². The molecule has 0 radical (unpaired) electrons. The zero-order valence-electron chi connectivity index (χ0n) is 13.1. The highest BCUT2D eigenvalue weighted by Gasteiger charge is 2.11. The topological polar surface area (TPSA) is 84.0 Å². The Morgan fingerprint density at radius 2 is 1.91 bits per heavy atom. The Morgan fingerprint density at radius 3 is 2.65 bits per heavy atom. The molecule has 2 rings (SSSR count). The van der Waals surface area contributed by atoms with E-state index < -0.39 is 0 Å². The predicted molar refractivity (Wildman–Crippen MR) is 86.9 cm³/mol. The van der Waals surface area contributed by atoms with Crippen molar-refractivity contribution in [3.8, 4) is 0 Å². The third-order valence-electron chi connectivity index (χ3n) is 3.23. The highest BCUT2D eigenvalue weighted by atomic mass is 16.2. The molecule has 6 nitrogen and oxygen atoms in total. The van der Waals surface area contributed by atoms with E-state index in [9.17, 15) is 9.59 Å². The predicted octanol–water partition coefficient (Wildman–Crippen LogP) is 1.94. The van der Waals surface area contributed by atoms with Gasteiger partial charge in [-0.05, 0) is 30.7 Å². The summed E-state index contributed by atoms with van der Waals surface area (Å²) in [5, 5.41) is 5.55. The van der Waals surface area contributed by atoms with Crippen LogP contribution in [0.4, 0.5) is 0 Å². The smallest absolute Gasteiger partial charge is 0.269 e. The molecule has 0 aromatic carbocycles. The van der Waals surface area contributed by atoms with E-state index in [1.165, 1.54) is 12.3 Å². The number of hydrogen-bond acceptors (Lipinski definition) is 4.